The molecule has 3 aromatic carbocycles. The molecule has 0 radical (unpaired) electrons. The zero-order valence-electron chi connectivity index (χ0n) is 15.0. The molecule has 3 nitrogen and oxygen atoms in total. The highest BCUT2D eigenvalue weighted by molar-refractivity contribution is 6.35. The van der Waals surface area contributed by atoms with E-state index in [1.54, 1.807) is 6.21 Å². The van der Waals surface area contributed by atoms with E-state index in [0.717, 1.165) is 22.4 Å². The quantitative estimate of drug-likeness (QED) is 0.390. The van der Waals surface area contributed by atoms with E-state index in [-0.39, 0.29) is 0 Å². The summed E-state index contributed by atoms with van der Waals surface area (Å²) in [5.74, 6) is 0.800. The van der Waals surface area contributed by atoms with Crippen LogP contribution in [0.15, 0.2) is 71.8 Å². The van der Waals surface area contributed by atoms with E-state index in [4.69, 9.17) is 27.9 Å². The maximum absolute atomic E-state index is 6.15. The lowest BCUT2D eigenvalue weighted by atomic mass is 10.2. The third-order valence-corrected chi connectivity index (χ3v) is 4.71. The van der Waals surface area contributed by atoms with Gasteiger partial charge in [0.15, 0.2) is 0 Å². The van der Waals surface area contributed by atoms with Gasteiger partial charge in [-0.25, -0.2) is 0 Å². The monoisotopic (exact) mass is 398 g/mol. The zero-order valence-corrected chi connectivity index (χ0v) is 16.5. The molecular formula is C22H20Cl2N2O. The molecule has 0 fully saturated rings. The van der Waals surface area contributed by atoms with Gasteiger partial charge in [-0.2, -0.15) is 5.10 Å². The Morgan fingerprint density at radius 3 is 2.41 bits per heavy atom. The van der Waals surface area contributed by atoms with Crippen molar-refractivity contribution in [1.82, 2.24) is 5.43 Å². The first-order chi connectivity index (χ1) is 13.1. The third-order valence-electron chi connectivity index (χ3n) is 4.01. The minimum absolute atomic E-state index is 0.457. The van der Waals surface area contributed by atoms with Crippen LogP contribution in [0.25, 0.3) is 0 Å². The summed E-state index contributed by atoms with van der Waals surface area (Å²) < 4.78 is 5.86. The average Bonchev–Trinajstić information content (AvgIpc) is 2.67. The molecule has 1 N–H and O–H groups in total. The molecule has 0 unspecified atom stereocenters. The summed E-state index contributed by atoms with van der Waals surface area (Å²) in [5, 5.41) is 5.48. The van der Waals surface area contributed by atoms with Crippen LogP contribution in [0.4, 0.5) is 0 Å². The van der Waals surface area contributed by atoms with Crippen LogP contribution >= 0.6 is 23.2 Å². The fraction of sp³-hybridized carbons (Fsp3) is 0.136. The number of nitrogens with zero attached hydrogens (tertiary/aromatic N) is 1. The van der Waals surface area contributed by atoms with Crippen LogP contribution in [0.2, 0.25) is 10.0 Å². The molecule has 3 rings (SSSR count). The fourth-order valence-corrected chi connectivity index (χ4v) is 3.01. The maximum atomic E-state index is 6.15. The van der Waals surface area contributed by atoms with Crippen LogP contribution < -0.4 is 10.2 Å². The van der Waals surface area contributed by atoms with Crippen molar-refractivity contribution in [2.45, 2.75) is 20.1 Å². The number of rotatable bonds is 7. The van der Waals surface area contributed by atoms with Gasteiger partial charge in [-0.3, -0.25) is 0 Å². The van der Waals surface area contributed by atoms with Crippen LogP contribution in [0.3, 0.4) is 0 Å². The second-order valence-electron chi connectivity index (χ2n) is 6.14. The Bertz CT molecular complexity index is 904. The van der Waals surface area contributed by atoms with Crippen molar-refractivity contribution in [3.8, 4) is 5.75 Å². The van der Waals surface area contributed by atoms with Crippen molar-refractivity contribution in [2.75, 3.05) is 0 Å². The van der Waals surface area contributed by atoms with Gasteiger partial charge >= 0.3 is 0 Å². The summed E-state index contributed by atoms with van der Waals surface area (Å²) in [5.41, 5.74) is 7.12. The first kappa shape index (κ1) is 19.3. The minimum atomic E-state index is 0.457. The Morgan fingerprint density at radius 2 is 1.67 bits per heavy atom. The van der Waals surface area contributed by atoms with Gasteiger partial charge in [-0.15, -0.1) is 0 Å². The highest BCUT2D eigenvalue weighted by Gasteiger charge is 2.03. The number of aryl methyl sites for hydroxylation is 1. The standard InChI is InChI=1S/C22H20Cl2N2O/c1-16-8-10-17(11-9-16)15-27-19-5-2-4-18(12-19)13-25-26-14-20-21(23)6-3-7-22(20)24/h2-13,26H,14-15H2,1H3/b25-13+. The first-order valence-corrected chi connectivity index (χ1v) is 9.34. The lowest BCUT2D eigenvalue weighted by molar-refractivity contribution is 0.306. The average molecular weight is 399 g/mol. The van der Waals surface area contributed by atoms with E-state index in [1.165, 1.54) is 5.56 Å². The second-order valence-corrected chi connectivity index (χ2v) is 6.95. The van der Waals surface area contributed by atoms with E-state index in [9.17, 15) is 0 Å². The van der Waals surface area contributed by atoms with E-state index in [1.807, 2.05) is 42.5 Å². The number of halogens is 2. The predicted octanol–water partition coefficient (Wildman–Crippen LogP) is 6.00. The highest BCUT2D eigenvalue weighted by atomic mass is 35.5. The number of nitrogens with one attached hydrogen (secondary N) is 1. The summed E-state index contributed by atoms with van der Waals surface area (Å²) in [7, 11) is 0. The van der Waals surface area contributed by atoms with E-state index in [2.05, 4.69) is 41.7 Å². The van der Waals surface area contributed by atoms with Crippen molar-refractivity contribution in [1.29, 1.82) is 0 Å². The molecule has 138 valence electrons. The number of ether oxygens (including phenoxy) is 1. The molecule has 27 heavy (non-hydrogen) atoms. The molecule has 0 atom stereocenters. The second kappa shape index (κ2) is 9.45. The largest absolute Gasteiger partial charge is 0.489 e. The molecule has 0 saturated carbocycles. The van der Waals surface area contributed by atoms with Crippen molar-refractivity contribution in [3.63, 3.8) is 0 Å². The van der Waals surface area contributed by atoms with Gasteiger partial charge in [0.1, 0.15) is 12.4 Å². The molecule has 0 aromatic heterocycles. The van der Waals surface area contributed by atoms with Gasteiger partial charge < -0.3 is 10.2 Å². The minimum Gasteiger partial charge on any atom is -0.489 e. The van der Waals surface area contributed by atoms with Gasteiger partial charge in [0, 0.05) is 15.6 Å². The molecule has 0 aliphatic carbocycles. The van der Waals surface area contributed by atoms with Gasteiger partial charge in [0.25, 0.3) is 0 Å². The van der Waals surface area contributed by atoms with Crippen molar-refractivity contribution < 1.29 is 4.74 Å². The lowest BCUT2D eigenvalue weighted by Gasteiger charge is -2.08. The fourth-order valence-electron chi connectivity index (χ4n) is 2.48. The summed E-state index contributed by atoms with van der Waals surface area (Å²) in [6.07, 6.45) is 1.74. The highest BCUT2D eigenvalue weighted by Crippen LogP contribution is 2.23. The molecule has 0 aliphatic heterocycles. The van der Waals surface area contributed by atoms with Gasteiger partial charge in [0.2, 0.25) is 0 Å². The van der Waals surface area contributed by atoms with Gasteiger partial charge in [-0.05, 0) is 42.3 Å². The zero-order chi connectivity index (χ0) is 19.1. The van der Waals surface area contributed by atoms with Crippen LogP contribution in [0.5, 0.6) is 5.75 Å². The molecule has 0 saturated heterocycles. The van der Waals surface area contributed by atoms with Gasteiger partial charge in [-0.1, -0.05) is 71.2 Å². The van der Waals surface area contributed by atoms with Crippen molar-refractivity contribution in [2.24, 2.45) is 5.10 Å². The maximum Gasteiger partial charge on any atom is 0.120 e. The number of hydrazone groups is 1. The van der Waals surface area contributed by atoms with Crippen LogP contribution in [-0.4, -0.2) is 6.21 Å². The molecule has 0 heterocycles. The van der Waals surface area contributed by atoms with Gasteiger partial charge in [0.05, 0.1) is 12.8 Å². The van der Waals surface area contributed by atoms with E-state index < -0.39 is 0 Å². The summed E-state index contributed by atoms with van der Waals surface area (Å²) >= 11 is 12.3. The summed E-state index contributed by atoms with van der Waals surface area (Å²) in [4.78, 5) is 0. The Labute approximate surface area is 169 Å². The first-order valence-electron chi connectivity index (χ1n) is 8.59. The lowest BCUT2D eigenvalue weighted by Crippen LogP contribution is -2.06. The Balaban J connectivity index is 1.55. The SMILES string of the molecule is Cc1ccc(COc2cccc(/C=N/NCc3c(Cl)cccc3Cl)c2)cc1. The van der Waals surface area contributed by atoms with Crippen molar-refractivity contribution >= 4 is 29.4 Å². The smallest absolute Gasteiger partial charge is 0.120 e. The molecule has 5 heteroatoms. The molecule has 0 aliphatic rings. The molecule has 0 spiro atoms. The predicted molar refractivity (Wildman–Crippen MR) is 113 cm³/mol. The number of hydrogen-bond donors (Lipinski definition) is 1. The topological polar surface area (TPSA) is 33.6 Å². The molecule has 3 aromatic rings. The van der Waals surface area contributed by atoms with Crippen LogP contribution in [-0.2, 0) is 13.2 Å². The van der Waals surface area contributed by atoms with Crippen LogP contribution in [0, 0.1) is 6.92 Å². The normalized spacial score (nSPS) is 10.9. The Morgan fingerprint density at radius 1 is 0.963 bits per heavy atom. The summed E-state index contributed by atoms with van der Waals surface area (Å²) in [6.45, 7) is 3.06. The number of benzene rings is 3. The van der Waals surface area contributed by atoms with E-state index in [0.29, 0.717) is 23.2 Å². The Kier molecular flexibility index (Phi) is 6.74. The molecule has 0 bridgehead atoms. The Hall–Kier alpha value is -2.49. The molecule has 0 amide bonds. The third kappa shape index (κ3) is 5.75. The van der Waals surface area contributed by atoms with Crippen molar-refractivity contribution in [3.05, 3.63) is 99.0 Å². The van der Waals surface area contributed by atoms with Crippen LogP contribution in [0.1, 0.15) is 22.3 Å². The van der Waals surface area contributed by atoms with E-state index >= 15 is 0 Å². The number of hydrogen-bond acceptors (Lipinski definition) is 3. The summed E-state index contributed by atoms with van der Waals surface area (Å²) in [6, 6.07) is 21.5. The molecular weight excluding hydrogens is 379 g/mol.